The zero-order chi connectivity index (χ0) is 27.3. The van der Waals surface area contributed by atoms with Crippen LogP contribution in [0.15, 0.2) is 41.1 Å². The van der Waals surface area contributed by atoms with Crippen molar-refractivity contribution in [1.82, 2.24) is 24.9 Å². The largest absolute Gasteiger partial charge is 0.473 e. The Hall–Kier alpha value is -3.86. The smallest absolute Gasteiger partial charge is 0.407 e. The van der Waals surface area contributed by atoms with E-state index in [2.05, 4.69) is 39.1 Å². The van der Waals surface area contributed by atoms with Gasteiger partial charge in [0.15, 0.2) is 11.4 Å². The third-order valence-corrected chi connectivity index (χ3v) is 6.84. The number of alkyl carbamates (subject to hydrolysis) is 1. The van der Waals surface area contributed by atoms with Crippen molar-refractivity contribution in [2.75, 3.05) is 18.0 Å². The van der Waals surface area contributed by atoms with Gasteiger partial charge in [0.1, 0.15) is 28.8 Å². The Kier molecular flexibility index (Phi) is 6.33. The fourth-order valence-corrected chi connectivity index (χ4v) is 5.19. The van der Waals surface area contributed by atoms with Gasteiger partial charge in [0, 0.05) is 44.2 Å². The van der Waals surface area contributed by atoms with Crippen molar-refractivity contribution in [3.05, 3.63) is 36.7 Å². The van der Waals surface area contributed by atoms with E-state index >= 15 is 0 Å². The van der Waals surface area contributed by atoms with Crippen molar-refractivity contribution in [3.63, 3.8) is 0 Å². The quantitative estimate of drug-likeness (QED) is 0.392. The molecule has 11 heteroatoms. The van der Waals surface area contributed by atoms with Crippen LogP contribution in [0.3, 0.4) is 0 Å². The van der Waals surface area contributed by atoms with Crippen LogP contribution in [0.2, 0.25) is 0 Å². The van der Waals surface area contributed by atoms with Crippen LogP contribution in [-0.2, 0) is 9.47 Å². The lowest BCUT2D eigenvalue weighted by molar-refractivity contribution is -0.00537. The van der Waals surface area contributed by atoms with Gasteiger partial charge < -0.3 is 28.8 Å². The van der Waals surface area contributed by atoms with E-state index in [1.807, 2.05) is 45.0 Å². The minimum Gasteiger partial charge on any atom is -0.473 e. The van der Waals surface area contributed by atoms with Crippen LogP contribution in [0, 0.1) is 0 Å². The van der Waals surface area contributed by atoms with Crippen LogP contribution in [0.1, 0.15) is 47.5 Å². The minimum absolute atomic E-state index is 0.0215. The summed E-state index contributed by atoms with van der Waals surface area (Å²) in [5, 5.41) is 8.51. The average molecular weight is 535 g/mol. The van der Waals surface area contributed by atoms with E-state index in [1.54, 1.807) is 16.9 Å². The number of ether oxygens (including phenoxy) is 3. The van der Waals surface area contributed by atoms with Crippen LogP contribution >= 0.6 is 0 Å². The predicted octanol–water partition coefficient (Wildman–Crippen LogP) is 4.59. The van der Waals surface area contributed by atoms with Gasteiger partial charge in [-0.15, -0.1) is 5.10 Å². The molecule has 0 radical (unpaired) electrons. The fraction of sp³-hybridized carbons (Fsp3) is 0.500. The molecular weight excluding hydrogens is 500 g/mol. The van der Waals surface area contributed by atoms with Crippen LogP contribution in [0.25, 0.3) is 28.1 Å². The van der Waals surface area contributed by atoms with Crippen LogP contribution in [0.5, 0.6) is 5.88 Å². The SMILES string of the molecule is CC1CN(c2nccc3oc(-c4cnc5ccc(OC6CC(NC(=O)OC(C)(C)C)C6)nn45)cc23)CC(C)O1. The van der Waals surface area contributed by atoms with Gasteiger partial charge in [-0.05, 0) is 52.8 Å². The number of anilines is 1. The molecule has 4 aromatic rings. The molecule has 0 bridgehead atoms. The van der Waals surface area contributed by atoms with Crippen LogP contribution < -0.4 is 15.0 Å². The lowest BCUT2D eigenvalue weighted by Gasteiger charge is -2.36. The Bertz CT molecular complexity index is 1490. The Balaban J connectivity index is 1.19. The molecule has 11 nitrogen and oxygen atoms in total. The number of nitrogens with one attached hydrogen (secondary N) is 1. The summed E-state index contributed by atoms with van der Waals surface area (Å²) in [4.78, 5) is 23.4. The van der Waals surface area contributed by atoms with Gasteiger partial charge in [-0.2, -0.15) is 0 Å². The second-order valence-corrected chi connectivity index (χ2v) is 11.5. The molecule has 0 aromatic carbocycles. The topological polar surface area (TPSA) is 116 Å². The number of morpholine rings is 1. The molecule has 4 aromatic heterocycles. The van der Waals surface area contributed by atoms with E-state index in [4.69, 9.17) is 18.6 Å². The van der Waals surface area contributed by atoms with E-state index in [9.17, 15) is 4.79 Å². The monoisotopic (exact) mass is 534 g/mol. The maximum absolute atomic E-state index is 12.0. The third kappa shape index (κ3) is 5.36. The predicted molar refractivity (Wildman–Crippen MR) is 145 cm³/mol. The number of carbonyl (C=O) groups is 1. The van der Waals surface area contributed by atoms with Crippen molar-refractivity contribution in [2.24, 2.45) is 0 Å². The molecule has 1 saturated carbocycles. The van der Waals surface area contributed by atoms with Crippen molar-refractivity contribution >= 4 is 28.5 Å². The number of hydrogen-bond donors (Lipinski definition) is 1. The number of pyridine rings is 1. The van der Waals surface area contributed by atoms with Crippen molar-refractivity contribution in [3.8, 4) is 17.3 Å². The van der Waals surface area contributed by atoms with Gasteiger partial charge in [-0.25, -0.2) is 19.3 Å². The number of aromatic nitrogens is 4. The van der Waals surface area contributed by atoms with E-state index in [0.29, 0.717) is 30.1 Å². The summed E-state index contributed by atoms with van der Waals surface area (Å²) in [6.45, 7) is 11.2. The van der Waals surface area contributed by atoms with Gasteiger partial charge in [-0.3, -0.25) is 0 Å². The van der Waals surface area contributed by atoms with Gasteiger partial charge in [0.2, 0.25) is 5.88 Å². The lowest BCUT2D eigenvalue weighted by Crippen LogP contribution is -2.50. The van der Waals surface area contributed by atoms with E-state index in [1.165, 1.54) is 0 Å². The summed E-state index contributed by atoms with van der Waals surface area (Å²) < 4.78 is 25.3. The number of hydrogen-bond acceptors (Lipinski definition) is 9. The average Bonchev–Trinajstić information content (AvgIpc) is 3.44. The Morgan fingerprint density at radius 1 is 1.10 bits per heavy atom. The molecule has 2 fully saturated rings. The fourth-order valence-electron chi connectivity index (χ4n) is 5.19. The summed E-state index contributed by atoms with van der Waals surface area (Å²) in [7, 11) is 0. The lowest BCUT2D eigenvalue weighted by atomic mass is 9.89. The number of fused-ring (bicyclic) bond motifs is 2. The molecule has 206 valence electrons. The molecule has 39 heavy (non-hydrogen) atoms. The zero-order valence-electron chi connectivity index (χ0n) is 22.9. The normalized spacial score (nSPS) is 23.6. The number of amides is 1. The molecule has 2 unspecified atom stereocenters. The van der Waals surface area contributed by atoms with Crippen molar-refractivity contribution in [2.45, 2.75) is 77.4 Å². The maximum atomic E-state index is 12.0. The highest BCUT2D eigenvalue weighted by molar-refractivity contribution is 5.92. The molecule has 6 rings (SSSR count). The number of rotatable bonds is 5. The number of carbonyl (C=O) groups excluding carboxylic acids is 1. The van der Waals surface area contributed by atoms with E-state index in [0.717, 1.165) is 35.6 Å². The Labute approximate surface area is 226 Å². The van der Waals surface area contributed by atoms with Gasteiger partial charge in [-0.1, -0.05) is 0 Å². The second-order valence-electron chi connectivity index (χ2n) is 11.5. The third-order valence-electron chi connectivity index (χ3n) is 6.84. The minimum atomic E-state index is -0.525. The molecule has 1 amide bonds. The number of imidazole rings is 1. The first-order chi connectivity index (χ1) is 18.6. The summed E-state index contributed by atoms with van der Waals surface area (Å²) in [6, 6.07) is 7.57. The summed E-state index contributed by atoms with van der Waals surface area (Å²) in [5.41, 5.74) is 1.63. The maximum Gasteiger partial charge on any atom is 0.407 e. The second kappa shape index (κ2) is 9.71. The highest BCUT2D eigenvalue weighted by atomic mass is 16.6. The molecule has 0 spiro atoms. The molecular formula is C28H34N6O5. The standard InChI is InChI=1S/C28H34N6O5/c1-16-14-33(15-17(2)36-16)26-20-12-23(38-22(20)8-9-29-26)21-13-30-24-6-7-25(32-34(21)24)37-19-10-18(11-19)31-27(35)39-28(3,4)5/h6-9,12-13,16-19H,10-11,14-15H2,1-5H3,(H,31,35). The number of furan rings is 1. The number of nitrogens with zero attached hydrogens (tertiary/aromatic N) is 5. The van der Waals surface area contributed by atoms with Crippen LogP contribution in [0.4, 0.5) is 10.6 Å². The molecule has 1 saturated heterocycles. The summed E-state index contributed by atoms with van der Waals surface area (Å²) in [6.07, 6.45) is 4.70. The zero-order valence-corrected chi connectivity index (χ0v) is 22.9. The molecule has 2 aliphatic rings. The first-order valence-electron chi connectivity index (χ1n) is 13.4. The molecule has 2 atom stereocenters. The molecule has 1 N–H and O–H groups in total. The molecule has 1 aliphatic heterocycles. The Morgan fingerprint density at radius 3 is 2.62 bits per heavy atom. The van der Waals surface area contributed by atoms with Crippen molar-refractivity contribution in [1.29, 1.82) is 0 Å². The summed E-state index contributed by atoms with van der Waals surface area (Å²) in [5.74, 6) is 2.02. The molecule has 1 aliphatic carbocycles. The van der Waals surface area contributed by atoms with E-state index in [-0.39, 0.29) is 24.4 Å². The van der Waals surface area contributed by atoms with Gasteiger partial charge >= 0.3 is 6.09 Å². The highest BCUT2D eigenvalue weighted by Gasteiger charge is 2.34. The molecule has 5 heterocycles. The van der Waals surface area contributed by atoms with Gasteiger partial charge in [0.05, 0.1) is 23.8 Å². The van der Waals surface area contributed by atoms with Crippen LogP contribution in [-0.4, -0.2) is 68.7 Å². The summed E-state index contributed by atoms with van der Waals surface area (Å²) >= 11 is 0. The Morgan fingerprint density at radius 2 is 1.87 bits per heavy atom. The van der Waals surface area contributed by atoms with E-state index < -0.39 is 11.7 Å². The first kappa shape index (κ1) is 25.4. The van der Waals surface area contributed by atoms with Gasteiger partial charge in [0.25, 0.3) is 0 Å². The highest BCUT2D eigenvalue weighted by Crippen LogP contribution is 2.34. The van der Waals surface area contributed by atoms with Crippen molar-refractivity contribution < 1.29 is 23.4 Å². The first-order valence-corrected chi connectivity index (χ1v) is 13.4.